The quantitative estimate of drug-likeness (QED) is 0.0583. The molecule has 2 heterocycles. The van der Waals surface area contributed by atoms with Gasteiger partial charge in [-0.1, -0.05) is 51.0 Å². The molecule has 1 aromatic heterocycles. The molecule has 1 aliphatic heterocycles. The molecule has 6 atom stereocenters. The Morgan fingerprint density at radius 2 is 1.94 bits per heavy atom. The topological polar surface area (TPSA) is 192 Å². The van der Waals surface area contributed by atoms with Crippen LogP contribution in [-0.2, 0) is 34.3 Å². The molecule has 0 radical (unpaired) electrons. The van der Waals surface area contributed by atoms with Crippen LogP contribution in [0.15, 0.2) is 43.2 Å². The first-order valence-corrected chi connectivity index (χ1v) is 21.2. The summed E-state index contributed by atoms with van der Waals surface area (Å²) in [6.07, 6.45) is 12.1. The summed E-state index contributed by atoms with van der Waals surface area (Å²) >= 11 is 0.688. The van der Waals surface area contributed by atoms with Crippen LogP contribution in [0.2, 0.25) is 0 Å². The Morgan fingerprint density at radius 3 is 2.66 bits per heavy atom. The number of aliphatic hydroxyl groups is 3. The number of nitrogens with one attached hydrogen (secondary N) is 1. The highest BCUT2D eigenvalue weighted by atomic mass is 32.3. The fourth-order valence-corrected chi connectivity index (χ4v) is 11.0. The minimum absolute atomic E-state index is 0.00477. The van der Waals surface area contributed by atoms with Gasteiger partial charge in [-0.2, -0.15) is 17.1 Å². The van der Waals surface area contributed by atoms with Crippen molar-refractivity contribution >= 4 is 43.6 Å². The lowest BCUT2D eigenvalue weighted by molar-refractivity contribution is -0.143. The normalized spacial score (nSPS) is 24.8. The number of allylic oxidation sites excluding steroid dienone is 2. The van der Waals surface area contributed by atoms with Crippen LogP contribution in [0.1, 0.15) is 89.7 Å². The van der Waals surface area contributed by atoms with Crippen molar-refractivity contribution in [2.75, 3.05) is 40.0 Å². The van der Waals surface area contributed by atoms with E-state index >= 15 is 0 Å². The first kappa shape index (κ1) is 42.4. The van der Waals surface area contributed by atoms with E-state index in [4.69, 9.17) is 9.47 Å². The number of hydrogen-bond acceptors (Lipinski definition) is 12. The molecule has 13 nitrogen and oxygen atoms in total. The molecule has 0 aromatic carbocycles. The Balaban J connectivity index is 1.42. The van der Waals surface area contributed by atoms with Crippen LogP contribution in [0.3, 0.4) is 0 Å². The molecule has 16 heteroatoms. The molecule has 0 saturated heterocycles. The van der Waals surface area contributed by atoms with Crippen molar-refractivity contribution in [3.05, 3.63) is 35.9 Å². The van der Waals surface area contributed by atoms with Gasteiger partial charge < -0.3 is 30.1 Å². The van der Waals surface area contributed by atoms with Gasteiger partial charge in [0.2, 0.25) is 0 Å². The van der Waals surface area contributed by atoms with Gasteiger partial charge in [0, 0.05) is 69.8 Å². The first-order valence-electron chi connectivity index (χ1n) is 17.5. The number of ether oxygens (including phenoxy) is 2. The van der Waals surface area contributed by atoms with Gasteiger partial charge >= 0.3 is 5.97 Å². The number of unbranched alkanes of at least 4 members (excludes halogenated alkanes) is 2. The van der Waals surface area contributed by atoms with Crippen molar-refractivity contribution < 1.29 is 46.4 Å². The van der Waals surface area contributed by atoms with Crippen molar-refractivity contribution in [3.8, 4) is 0 Å². The van der Waals surface area contributed by atoms with Crippen LogP contribution in [-0.4, -0.2) is 107 Å². The van der Waals surface area contributed by atoms with E-state index in [1.165, 1.54) is 10.4 Å². The third kappa shape index (κ3) is 12.3. The van der Waals surface area contributed by atoms with Crippen molar-refractivity contribution in [2.24, 2.45) is 16.2 Å². The fourth-order valence-electron chi connectivity index (χ4n) is 6.18. The highest BCUT2D eigenvalue weighted by Crippen LogP contribution is 2.41. The zero-order chi connectivity index (χ0) is 36.7. The van der Waals surface area contributed by atoms with E-state index in [9.17, 15) is 36.9 Å². The van der Waals surface area contributed by atoms with Gasteiger partial charge in [0.1, 0.15) is 8.42 Å². The number of esters is 1. The number of hydrogen-bond donors (Lipinski definition) is 4. The van der Waals surface area contributed by atoms with E-state index in [0.717, 1.165) is 19.1 Å². The molecule has 0 spiro atoms. The van der Waals surface area contributed by atoms with E-state index in [2.05, 4.69) is 16.6 Å². The van der Waals surface area contributed by atoms with E-state index in [1.54, 1.807) is 13.2 Å². The number of nitrogens with zero attached hydrogens (tertiary/aromatic N) is 2. The Hall–Kier alpha value is -2.02. The van der Waals surface area contributed by atoms with Crippen molar-refractivity contribution in [1.29, 1.82) is 0 Å². The standard InChI is InChI=1S/C34H55N3O10S3/c1-4-6-13-25(38)16-17-27-26(30(39)23-31(27)40)14-9-7-8-10-15-32(41)47-21-11-18-36-49(42,43)33-22-28-29(35-5-2)24-37(19-12-20-46-3)50(44,45)34(28)48-33/h7,9,16-18,22,25-27,29-31,35,38-40H,4-6,8,10-15,19-21,23-24H2,1-3H3/b9-7-,17-16+,36-18+/t25-,26+,27+,29-,30-,31+/m0/s1. The summed E-state index contributed by atoms with van der Waals surface area (Å²) < 4.78 is 67.7. The maximum absolute atomic E-state index is 13.3. The lowest BCUT2D eigenvalue weighted by atomic mass is 9.89. The lowest BCUT2D eigenvalue weighted by Crippen LogP contribution is -2.43. The van der Waals surface area contributed by atoms with Crippen LogP contribution in [0.5, 0.6) is 0 Å². The number of likely N-dealkylation sites (N-methyl/N-ethyl adjacent to an activating group) is 1. The monoisotopic (exact) mass is 761 g/mol. The molecule has 0 bridgehead atoms. The third-order valence-electron chi connectivity index (χ3n) is 8.87. The fraction of sp³-hybridized carbons (Fsp3) is 0.706. The summed E-state index contributed by atoms with van der Waals surface area (Å²) in [4.78, 5) is 12.2. The molecular formula is C34H55N3O10S3. The summed E-state index contributed by atoms with van der Waals surface area (Å²) in [5.74, 6) is -0.804. The number of thiophene rings is 1. The molecular weight excluding hydrogens is 707 g/mol. The number of carbonyl (C=O) groups excluding carboxylic acids is 1. The summed E-state index contributed by atoms with van der Waals surface area (Å²) in [5.41, 5.74) is 0.419. The second-order valence-electron chi connectivity index (χ2n) is 12.7. The molecule has 50 heavy (non-hydrogen) atoms. The summed E-state index contributed by atoms with van der Waals surface area (Å²) in [6, 6.07) is 1.03. The molecule has 2 aliphatic rings. The highest BCUT2D eigenvalue weighted by Gasteiger charge is 2.40. The second-order valence-corrected chi connectivity index (χ2v) is 17.8. The zero-order valence-corrected chi connectivity index (χ0v) is 31.8. The largest absolute Gasteiger partial charge is 0.465 e. The average molecular weight is 762 g/mol. The van der Waals surface area contributed by atoms with Crippen molar-refractivity contribution in [2.45, 2.75) is 111 Å². The minimum atomic E-state index is -4.17. The zero-order valence-electron chi connectivity index (χ0n) is 29.4. The first-order chi connectivity index (χ1) is 23.8. The predicted octanol–water partition coefficient (Wildman–Crippen LogP) is 3.71. The van der Waals surface area contributed by atoms with Crippen LogP contribution >= 0.6 is 11.3 Å². The molecule has 1 fully saturated rings. The molecule has 3 rings (SSSR count). The molecule has 1 aromatic rings. The molecule has 0 amide bonds. The van der Waals surface area contributed by atoms with Crippen LogP contribution < -0.4 is 5.32 Å². The lowest BCUT2D eigenvalue weighted by Gasteiger charge is -2.32. The second kappa shape index (κ2) is 20.9. The molecule has 284 valence electrons. The predicted molar refractivity (Wildman–Crippen MR) is 193 cm³/mol. The Labute approximate surface area is 301 Å². The van der Waals surface area contributed by atoms with Gasteiger partial charge in [-0.15, -0.1) is 11.3 Å². The number of rotatable bonds is 22. The third-order valence-corrected chi connectivity index (χ3v) is 14.1. The number of aliphatic hydroxyl groups excluding tert-OH is 3. The van der Waals surface area contributed by atoms with Gasteiger partial charge in [0.05, 0.1) is 24.9 Å². The van der Waals surface area contributed by atoms with Gasteiger partial charge in [-0.05, 0) is 50.6 Å². The number of sulfonamides is 2. The van der Waals surface area contributed by atoms with Crippen LogP contribution in [0.25, 0.3) is 0 Å². The summed E-state index contributed by atoms with van der Waals surface area (Å²) in [6.45, 7) is 5.33. The maximum Gasteiger partial charge on any atom is 0.305 e. The molecule has 4 N–H and O–H groups in total. The summed E-state index contributed by atoms with van der Waals surface area (Å²) in [7, 11) is -6.50. The highest BCUT2D eigenvalue weighted by molar-refractivity contribution is 7.94. The SMILES string of the molecule is CCCC[C@H](O)/C=C/[C@@H]1[C@@H](C/C=C\CCCC(=O)OCC/C=N/S(=O)(=O)c2cc3c(s2)S(=O)(=O)N(CCCOC)C[C@@H]3NCC)[C@@H](O)C[C@H]1O. The van der Waals surface area contributed by atoms with Crippen molar-refractivity contribution in [3.63, 3.8) is 0 Å². The van der Waals surface area contributed by atoms with Crippen LogP contribution in [0.4, 0.5) is 0 Å². The molecule has 1 saturated carbocycles. The van der Waals surface area contributed by atoms with Crippen molar-refractivity contribution in [1.82, 2.24) is 9.62 Å². The molecule has 0 unspecified atom stereocenters. The van der Waals surface area contributed by atoms with E-state index < -0.39 is 44.3 Å². The molecule has 1 aliphatic carbocycles. The smallest absolute Gasteiger partial charge is 0.305 e. The number of methoxy groups -OCH3 is 1. The van der Waals surface area contributed by atoms with Gasteiger partial charge in [0.15, 0.2) is 0 Å². The van der Waals surface area contributed by atoms with Gasteiger partial charge in [-0.3, -0.25) is 4.79 Å². The summed E-state index contributed by atoms with van der Waals surface area (Å²) in [5, 5.41) is 34.2. The van der Waals surface area contributed by atoms with Crippen LogP contribution in [0, 0.1) is 11.8 Å². The van der Waals surface area contributed by atoms with E-state index in [0.29, 0.717) is 68.6 Å². The maximum atomic E-state index is 13.3. The Morgan fingerprint density at radius 1 is 1.16 bits per heavy atom. The number of carbonyl (C=O) groups is 1. The van der Waals surface area contributed by atoms with Gasteiger partial charge in [-0.25, -0.2) is 8.42 Å². The average Bonchev–Trinajstić information content (AvgIpc) is 3.65. The van der Waals surface area contributed by atoms with E-state index in [1.807, 2.05) is 25.2 Å². The number of fused-ring (bicyclic) bond motifs is 1. The van der Waals surface area contributed by atoms with Gasteiger partial charge in [0.25, 0.3) is 20.0 Å². The Kier molecular flexibility index (Phi) is 17.7. The Bertz CT molecular complexity index is 1510. The van der Waals surface area contributed by atoms with E-state index in [-0.39, 0.29) is 58.8 Å². The minimum Gasteiger partial charge on any atom is -0.465 e.